The second-order valence-corrected chi connectivity index (χ2v) is 5.16. The topological polar surface area (TPSA) is 58.6 Å². The summed E-state index contributed by atoms with van der Waals surface area (Å²) < 4.78 is 13.2. The summed E-state index contributed by atoms with van der Waals surface area (Å²) in [5, 5.41) is 11.7. The predicted molar refractivity (Wildman–Crippen MR) is 74.2 cm³/mol. The van der Waals surface area contributed by atoms with Gasteiger partial charge in [0.05, 0.1) is 0 Å². The molecule has 0 amide bonds. The molecular formula is C14H13FN2OS. The summed E-state index contributed by atoms with van der Waals surface area (Å²) in [6, 6.07) is 12.2. The fraction of sp³-hybridized carbons (Fsp3) is 0.0714. The predicted octanol–water partition coefficient (Wildman–Crippen LogP) is 3.38. The Morgan fingerprint density at radius 2 is 1.89 bits per heavy atom. The minimum absolute atomic E-state index is 0.103. The van der Waals surface area contributed by atoms with Crippen LogP contribution in [0, 0.1) is 12.7 Å². The van der Waals surface area contributed by atoms with Gasteiger partial charge in [-0.15, -0.1) is 0 Å². The Bertz CT molecular complexity index is 611. The molecule has 2 aromatic rings. The zero-order valence-corrected chi connectivity index (χ0v) is 11.1. The third-order valence-electron chi connectivity index (χ3n) is 2.57. The molecule has 2 aromatic carbocycles. The number of hydrogen-bond donors (Lipinski definition) is 2. The van der Waals surface area contributed by atoms with Gasteiger partial charge in [0, 0.05) is 15.4 Å². The fourth-order valence-electron chi connectivity index (χ4n) is 1.58. The molecule has 0 aliphatic heterocycles. The zero-order chi connectivity index (χ0) is 13.8. The molecule has 0 fully saturated rings. The first-order valence-electron chi connectivity index (χ1n) is 5.62. The van der Waals surface area contributed by atoms with Gasteiger partial charge in [-0.25, -0.2) is 4.39 Å². The maximum absolute atomic E-state index is 13.2. The van der Waals surface area contributed by atoms with Crippen molar-refractivity contribution in [2.75, 3.05) is 0 Å². The van der Waals surface area contributed by atoms with Crippen molar-refractivity contribution in [1.82, 2.24) is 0 Å². The molecule has 98 valence electrons. The van der Waals surface area contributed by atoms with Crippen LogP contribution in [0.25, 0.3) is 0 Å². The highest BCUT2D eigenvalue weighted by Gasteiger charge is 2.10. The van der Waals surface area contributed by atoms with E-state index >= 15 is 0 Å². The van der Waals surface area contributed by atoms with Crippen LogP contribution in [0.2, 0.25) is 0 Å². The molecule has 19 heavy (non-hydrogen) atoms. The Kier molecular flexibility index (Phi) is 4.06. The van der Waals surface area contributed by atoms with Crippen LogP contribution >= 0.6 is 11.8 Å². The first-order chi connectivity index (χ1) is 9.10. The van der Waals surface area contributed by atoms with Gasteiger partial charge in [0.1, 0.15) is 5.82 Å². The zero-order valence-electron chi connectivity index (χ0n) is 10.3. The third kappa shape index (κ3) is 3.26. The number of oxime groups is 1. The Morgan fingerprint density at radius 3 is 2.53 bits per heavy atom. The van der Waals surface area contributed by atoms with Gasteiger partial charge in [0.25, 0.3) is 0 Å². The van der Waals surface area contributed by atoms with Gasteiger partial charge in [-0.3, -0.25) is 0 Å². The molecule has 0 aliphatic rings. The summed E-state index contributed by atoms with van der Waals surface area (Å²) in [7, 11) is 0. The van der Waals surface area contributed by atoms with E-state index < -0.39 is 5.82 Å². The van der Waals surface area contributed by atoms with Crippen LogP contribution < -0.4 is 5.73 Å². The normalized spacial score (nSPS) is 11.6. The van der Waals surface area contributed by atoms with E-state index in [2.05, 4.69) is 5.16 Å². The minimum Gasteiger partial charge on any atom is -0.409 e. The highest BCUT2D eigenvalue weighted by molar-refractivity contribution is 7.99. The lowest BCUT2D eigenvalue weighted by Crippen LogP contribution is -2.14. The van der Waals surface area contributed by atoms with Crippen LogP contribution in [0.4, 0.5) is 4.39 Å². The van der Waals surface area contributed by atoms with Crippen LogP contribution in [0.15, 0.2) is 57.4 Å². The summed E-state index contributed by atoms with van der Waals surface area (Å²) in [4.78, 5) is 1.74. The first kappa shape index (κ1) is 13.4. The van der Waals surface area contributed by atoms with E-state index in [0.717, 1.165) is 9.79 Å². The summed E-state index contributed by atoms with van der Waals surface area (Å²) >= 11 is 1.44. The number of hydrogen-bond acceptors (Lipinski definition) is 3. The third-order valence-corrected chi connectivity index (χ3v) is 3.66. The van der Waals surface area contributed by atoms with Gasteiger partial charge >= 0.3 is 0 Å². The van der Waals surface area contributed by atoms with Crippen LogP contribution in [-0.4, -0.2) is 11.0 Å². The van der Waals surface area contributed by atoms with Crippen LogP contribution in [0.3, 0.4) is 0 Å². The van der Waals surface area contributed by atoms with Crippen molar-refractivity contribution in [2.45, 2.75) is 16.7 Å². The summed E-state index contributed by atoms with van der Waals surface area (Å²) in [5.74, 6) is -0.524. The van der Waals surface area contributed by atoms with Gasteiger partial charge in [-0.05, 0) is 37.3 Å². The lowest BCUT2D eigenvalue weighted by Gasteiger charge is -2.08. The van der Waals surface area contributed by atoms with Gasteiger partial charge in [0.15, 0.2) is 5.84 Å². The average molecular weight is 276 g/mol. The van der Waals surface area contributed by atoms with E-state index in [1.165, 1.54) is 29.5 Å². The van der Waals surface area contributed by atoms with Crippen molar-refractivity contribution in [3.8, 4) is 0 Å². The summed E-state index contributed by atoms with van der Waals surface area (Å²) in [6.45, 7) is 2.01. The standard InChI is InChI=1S/C14H13FN2OS/c1-9-2-5-11(6-3-9)19-13-7-4-10(15)8-12(13)14(16)17-18/h2-8,18H,1H3,(H2,16,17). The van der Waals surface area contributed by atoms with Crippen molar-refractivity contribution < 1.29 is 9.60 Å². The molecule has 0 saturated heterocycles. The quantitative estimate of drug-likeness (QED) is 0.391. The maximum Gasteiger partial charge on any atom is 0.171 e. The highest BCUT2D eigenvalue weighted by atomic mass is 32.2. The molecule has 0 heterocycles. The van der Waals surface area contributed by atoms with E-state index in [1.807, 2.05) is 31.2 Å². The first-order valence-corrected chi connectivity index (χ1v) is 6.44. The number of rotatable bonds is 3. The second kappa shape index (κ2) is 5.75. The molecule has 2 rings (SSSR count). The molecule has 0 unspecified atom stereocenters. The van der Waals surface area contributed by atoms with Gasteiger partial charge in [-0.2, -0.15) is 0 Å². The Morgan fingerprint density at radius 1 is 1.21 bits per heavy atom. The smallest absolute Gasteiger partial charge is 0.171 e. The van der Waals surface area contributed by atoms with E-state index in [9.17, 15) is 4.39 Å². The average Bonchev–Trinajstić information content (AvgIpc) is 2.42. The molecule has 0 radical (unpaired) electrons. The fourth-order valence-corrected chi connectivity index (χ4v) is 2.51. The summed E-state index contributed by atoms with van der Waals surface area (Å²) in [5.41, 5.74) is 7.11. The lowest BCUT2D eigenvalue weighted by atomic mass is 10.2. The van der Waals surface area contributed by atoms with Crippen molar-refractivity contribution in [1.29, 1.82) is 0 Å². The molecule has 0 spiro atoms. The van der Waals surface area contributed by atoms with Crippen molar-refractivity contribution in [3.63, 3.8) is 0 Å². The van der Waals surface area contributed by atoms with Gasteiger partial charge < -0.3 is 10.9 Å². The van der Waals surface area contributed by atoms with E-state index in [4.69, 9.17) is 10.9 Å². The number of nitrogens with two attached hydrogens (primary N) is 1. The monoisotopic (exact) mass is 276 g/mol. The SMILES string of the molecule is Cc1ccc(Sc2ccc(F)cc2C(N)=NO)cc1. The maximum atomic E-state index is 13.2. The number of halogens is 1. The summed E-state index contributed by atoms with van der Waals surface area (Å²) in [6.07, 6.45) is 0. The number of aryl methyl sites for hydroxylation is 1. The van der Waals surface area contributed by atoms with Crippen LogP contribution in [0.5, 0.6) is 0 Å². The minimum atomic E-state index is -0.421. The van der Waals surface area contributed by atoms with Crippen molar-refractivity contribution in [3.05, 3.63) is 59.4 Å². The Labute approximate surface area is 114 Å². The molecular weight excluding hydrogens is 263 g/mol. The number of amidine groups is 1. The molecule has 5 heteroatoms. The molecule has 3 N–H and O–H groups in total. The second-order valence-electron chi connectivity index (χ2n) is 4.04. The van der Waals surface area contributed by atoms with Crippen LogP contribution in [-0.2, 0) is 0 Å². The van der Waals surface area contributed by atoms with Gasteiger partial charge in [-0.1, -0.05) is 34.6 Å². The van der Waals surface area contributed by atoms with Crippen molar-refractivity contribution >= 4 is 17.6 Å². The van der Waals surface area contributed by atoms with E-state index in [1.54, 1.807) is 6.07 Å². The van der Waals surface area contributed by atoms with E-state index in [0.29, 0.717) is 5.56 Å². The number of nitrogens with zero attached hydrogens (tertiary/aromatic N) is 1. The molecule has 0 aromatic heterocycles. The molecule has 0 aliphatic carbocycles. The Balaban J connectivity index is 2.37. The Hall–Kier alpha value is -2.01. The lowest BCUT2D eigenvalue weighted by molar-refractivity contribution is 0.318. The highest BCUT2D eigenvalue weighted by Crippen LogP contribution is 2.31. The molecule has 0 saturated carbocycles. The molecule has 0 atom stereocenters. The van der Waals surface area contributed by atoms with Gasteiger partial charge in [0.2, 0.25) is 0 Å². The molecule has 0 bridgehead atoms. The van der Waals surface area contributed by atoms with E-state index in [-0.39, 0.29) is 5.84 Å². The van der Waals surface area contributed by atoms with Crippen molar-refractivity contribution in [2.24, 2.45) is 10.9 Å². The largest absolute Gasteiger partial charge is 0.409 e. The number of benzene rings is 2. The van der Waals surface area contributed by atoms with Crippen LogP contribution in [0.1, 0.15) is 11.1 Å². The molecule has 3 nitrogen and oxygen atoms in total.